The van der Waals surface area contributed by atoms with Gasteiger partial charge in [0.2, 0.25) is 17.7 Å². The summed E-state index contributed by atoms with van der Waals surface area (Å²) < 4.78 is 40.9. The molecule has 3 N–H and O–H groups in total. The first-order valence-corrected chi connectivity index (χ1v) is 11.2. The molecule has 0 saturated carbocycles. The molecule has 1 saturated heterocycles. The van der Waals surface area contributed by atoms with Crippen LogP contribution in [0.3, 0.4) is 0 Å². The van der Waals surface area contributed by atoms with Gasteiger partial charge in [-0.15, -0.1) is 0 Å². The molecule has 0 radical (unpaired) electrons. The number of carbonyl (C=O) groups is 4. The molecule has 188 valence electrons. The van der Waals surface area contributed by atoms with Crippen LogP contribution in [-0.2, 0) is 19.2 Å². The second kappa shape index (κ2) is 11.5. The zero-order valence-corrected chi connectivity index (χ0v) is 19.6. The highest BCUT2D eigenvalue weighted by Crippen LogP contribution is 2.37. The van der Waals surface area contributed by atoms with E-state index in [1.807, 2.05) is 20.8 Å². The third kappa shape index (κ3) is 8.46. The van der Waals surface area contributed by atoms with Crippen molar-refractivity contribution in [2.75, 3.05) is 6.54 Å². The van der Waals surface area contributed by atoms with Gasteiger partial charge in [-0.05, 0) is 30.2 Å². The molecule has 34 heavy (non-hydrogen) atoms. The highest BCUT2D eigenvalue weighted by atomic mass is 19.4. The van der Waals surface area contributed by atoms with E-state index in [0.29, 0.717) is 19.3 Å². The second-order valence-corrected chi connectivity index (χ2v) is 9.86. The molecule has 2 rings (SSSR count). The third-order valence-corrected chi connectivity index (χ3v) is 5.65. The summed E-state index contributed by atoms with van der Waals surface area (Å²) >= 11 is 0. The number of nitrogens with one attached hydrogen (secondary N) is 3. The molecule has 1 aromatic carbocycles. The van der Waals surface area contributed by atoms with Crippen LogP contribution in [0, 0.1) is 11.3 Å². The second-order valence-electron chi connectivity index (χ2n) is 9.86. The molecule has 1 aliphatic heterocycles. The Balaban J connectivity index is 2.11. The van der Waals surface area contributed by atoms with Crippen molar-refractivity contribution in [3.8, 4) is 0 Å². The van der Waals surface area contributed by atoms with Gasteiger partial charge in [0.25, 0.3) is 0 Å². The smallest absolute Gasteiger partial charge is 0.356 e. The Kier molecular flexibility index (Phi) is 9.23. The molecule has 0 spiro atoms. The van der Waals surface area contributed by atoms with E-state index in [4.69, 9.17) is 0 Å². The van der Waals surface area contributed by atoms with Crippen LogP contribution in [0.2, 0.25) is 0 Å². The van der Waals surface area contributed by atoms with Gasteiger partial charge < -0.3 is 20.7 Å². The molecule has 1 unspecified atom stereocenters. The zero-order valence-electron chi connectivity index (χ0n) is 19.6. The van der Waals surface area contributed by atoms with Gasteiger partial charge in [-0.1, -0.05) is 51.1 Å². The zero-order chi connectivity index (χ0) is 25.5. The van der Waals surface area contributed by atoms with Gasteiger partial charge in [0, 0.05) is 18.9 Å². The maximum atomic E-state index is 13.6. The minimum absolute atomic E-state index is 0.0437. The fraction of sp³-hybridized carbons (Fsp3) is 0.583. The maximum Gasteiger partial charge on any atom is 0.396 e. The Labute approximate surface area is 197 Å². The molecule has 1 aliphatic rings. The predicted molar refractivity (Wildman–Crippen MR) is 120 cm³/mol. The number of halogens is 3. The average Bonchev–Trinajstić information content (AvgIpc) is 3.14. The summed E-state index contributed by atoms with van der Waals surface area (Å²) in [5.74, 6) is -4.23. The first kappa shape index (κ1) is 27.3. The van der Waals surface area contributed by atoms with E-state index in [1.54, 1.807) is 6.07 Å². The van der Waals surface area contributed by atoms with Crippen LogP contribution in [0.25, 0.3) is 0 Å². The summed E-state index contributed by atoms with van der Waals surface area (Å²) in [7, 11) is 0. The predicted octanol–water partition coefficient (Wildman–Crippen LogP) is 2.85. The lowest BCUT2D eigenvalue weighted by atomic mass is 9.87. The lowest BCUT2D eigenvalue weighted by Crippen LogP contribution is -2.52. The van der Waals surface area contributed by atoms with Crippen LogP contribution in [-0.4, -0.2) is 48.8 Å². The molecule has 0 aromatic heterocycles. The molecule has 4 atom stereocenters. The Hall–Kier alpha value is -2.91. The van der Waals surface area contributed by atoms with Crippen molar-refractivity contribution in [1.82, 2.24) is 16.0 Å². The van der Waals surface area contributed by atoms with Gasteiger partial charge in [0.1, 0.15) is 12.3 Å². The van der Waals surface area contributed by atoms with E-state index in [2.05, 4.69) is 16.0 Å². The van der Waals surface area contributed by atoms with Crippen LogP contribution in [0.4, 0.5) is 13.2 Å². The minimum Gasteiger partial charge on any atom is -0.356 e. The Morgan fingerprint density at radius 2 is 1.79 bits per heavy atom. The largest absolute Gasteiger partial charge is 0.396 e. The normalized spacial score (nSPS) is 19.0. The van der Waals surface area contributed by atoms with Gasteiger partial charge in [-0.3, -0.25) is 14.4 Å². The molecule has 0 aliphatic carbocycles. The number of hydrogen-bond acceptors (Lipinski definition) is 4. The van der Waals surface area contributed by atoms with Crippen LogP contribution in [0.5, 0.6) is 0 Å². The van der Waals surface area contributed by atoms with Gasteiger partial charge in [-0.25, -0.2) is 0 Å². The quantitative estimate of drug-likeness (QED) is 0.445. The van der Waals surface area contributed by atoms with Gasteiger partial charge in [-0.2, -0.15) is 13.2 Å². The van der Waals surface area contributed by atoms with Crippen LogP contribution in [0.1, 0.15) is 57.9 Å². The maximum absolute atomic E-state index is 13.6. The minimum atomic E-state index is -4.65. The summed E-state index contributed by atoms with van der Waals surface area (Å²) in [5.41, 5.74) is -0.488. The SMILES string of the molecule is CC(C)(C)C[C@H](NC(=O)CC(c1ccccc1)C(F)(F)F)C(=O)N[C@H](C=O)C[C@@H]1CCNC1=O. The molecule has 1 aromatic rings. The van der Waals surface area contributed by atoms with E-state index in [9.17, 15) is 32.3 Å². The topological polar surface area (TPSA) is 104 Å². The van der Waals surface area contributed by atoms with Crippen LogP contribution < -0.4 is 16.0 Å². The van der Waals surface area contributed by atoms with Crippen molar-refractivity contribution in [2.45, 2.75) is 70.6 Å². The van der Waals surface area contributed by atoms with Crippen molar-refractivity contribution in [3.63, 3.8) is 0 Å². The first-order chi connectivity index (χ1) is 15.8. The van der Waals surface area contributed by atoms with E-state index < -0.39 is 53.7 Å². The Morgan fingerprint density at radius 3 is 2.29 bits per heavy atom. The summed E-state index contributed by atoms with van der Waals surface area (Å²) in [6.45, 7) is 5.96. The van der Waals surface area contributed by atoms with Crippen molar-refractivity contribution in [3.05, 3.63) is 35.9 Å². The summed E-state index contributed by atoms with van der Waals surface area (Å²) in [6, 6.07) is 5.03. The van der Waals surface area contributed by atoms with Crippen molar-refractivity contribution in [1.29, 1.82) is 0 Å². The Bertz CT molecular complexity index is 868. The first-order valence-electron chi connectivity index (χ1n) is 11.2. The highest BCUT2D eigenvalue weighted by Gasteiger charge is 2.42. The molecular formula is C24H32F3N3O4. The number of alkyl halides is 3. The fourth-order valence-electron chi connectivity index (χ4n) is 3.98. The molecule has 3 amide bonds. The summed E-state index contributed by atoms with van der Waals surface area (Å²) in [6.07, 6.45) is -4.21. The monoisotopic (exact) mass is 483 g/mol. The number of benzene rings is 1. The van der Waals surface area contributed by atoms with E-state index >= 15 is 0 Å². The molecule has 1 heterocycles. The van der Waals surface area contributed by atoms with Crippen LogP contribution >= 0.6 is 0 Å². The molecule has 7 nitrogen and oxygen atoms in total. The number of amides is 3. The van der Waals surface area contributed by atoms with E-state index in [0.717, 1.165) is 0 Å². The molecule has 10 heteroatoms. The van der Waals surface area contributed by atoms with Gasteiger partial charge in [0.15, 0.2) is 0 Å². The van der Waals surface area contributed by atoms with Crippen molar-refractivity contribution in [2.24, 2.45) is 11.3 Å². The number of rotatable bonds is 10. The third-order valence-electron chi connectivity index (χ3n) is 5.65. The van der Waals surface area contributed by atoms with E-state index in [-0.39, 0.29) is 24.3 Å². The van der Waals surface area contributed by atoms with Crippen molar-refractivity contribution >= 4 is 24.0 Å². The molecule has 0 bridgehead atoms. The van der Waals surface area contributed by atoms with Gasteiger partial charge >= 0.3 is 6.18 Å². The Morgan fingerprint density at radius 1 is 1.15 bits per heavy atom. The standard InChI is InChI=1S/C24H32F3N3O4/c1-23(2,3)13-19(22(34)29-17(14-31)11-16-9-10-28-21(16)33)30-20(32)12-18(24(25,26)27)15-7-5-4-6-8-15/h4-8,14,16-19H,9-13H2,1-3H3,(H,28,33)(H,29,34)(H,30,32)/t16-,17-,18?,19-/m0/s1. The number of hydrogen-bond donors (Lipinski definition) is 3. The van der Waals surface area contributed by atoms with Crippen molar-refractivity contribution < 1.29 is 32.3 Å². The average molecular weight is 484 g/mol. The highest BCUT2D eigenvalue weighted by molar-refractivity contribution is 5.89. The van der Waals surface area contributed by atoms with Crippen LogP contribution in [0.15, 0.2) is 30.3 Å². The number of aldehydes is 1. The molecule has 1 fully saturated rings. The summed E-state index contributed by atoms with van der Waals surface area (Å²) in [5, 5.41) is 7.62. The lowest BCUT2D eigenvalue weighted by molar-refractivity contribution is -0.157. The van der Waals surface area contributed by atoms with Gasteiger partial charge in [0.05, 0.1) is 12.0 Å². The number of carbonyl (C=O) groups excluding carboxylic acids is 4. The lowest BCUT2D eigenvalue weighted by Gasteiger charge is -2.28. The fourth-order valence-corrected chi connectivity index (χ4v) is 3.98. The van der Waals surface area contributed by atoms with E-state index in [1.165, 1.54) is 24.3 Å². The summed E-state index contributed by atoms with van der Waals surface area (Å²) in [4.78, 5) is 48.9. The molecular weight excluding hydrogens is 451 g/mol.